The van der Waals surface area contributed by atoms with E-state index in [0.29, 0.717) is 0 Å². The highest BCUT2D eigenvalue weighted by molar-refractivity contribution is 5.42. The number of imidazole rings is 1. The van der Waals surface area contributed by atoms with Crippen LogP contribution in [0, 0.1) is 0 Å². The topological polar surface area (TPSA) is 48.3 Å². The zero-order valence-corrected chi connectivity index (χ0v) is 12.2. The van der Waals surface area contributed by atoms with Crippen LogP contribution in [0.1, 0.15) is 18.5 Å². The lowest BCUT2D eigenvalue weighted by atomic mass is 10.0. The zero-order valence-electron chi connectivity index (χ0n) is 12.2. The van der Waals surface area contributed by atoms with Crippen LogP contribution < -0.4 is 14.8 Å². The van der Waals surface area contributed by atoms with E-state index in [0.717, 1.165) is 30.2 Å². The molecular formula is C15H21N3O2. The van der Waals surface area contributed by atoms with Crippen LogP contribution in [0.25, 0.3) is 0 Å². The summed E-state index contributed by atoms with van der Waals surface area (Å²) in [6, 6.07) is 6.07. The van der Waals surface area contributed by atoms with Crippen molar-refractivity contribution < 1.29 is 9.47 Å². The van der Waals surface area contributed by atoms with Gasteiger partial charge in [0.1, 0.15) is 11.5 Å². The molecule has 0 fully saturated rings. The van der Waals surface area contributed by atoms with Crippen molar-refractivity contribution in [1.82, 2.24) is 14.9 Å². The van der Waals surface area contributed by atoms with Crippen LogP contribution in [0.4, 0.5) is 0 Å². The van der Waals surface area contributed by atoms with Gasteiger partial charge in [0.05, 0.1) is 26.6 Å². The number of nitrogens with zero attached hydrogens (tertiary/aromatic N) is 2. The maximum atomic E-state index is 5.49. The summed E-state index contributed by atoms with van der Waals surface area (Å²) in [5, 5.41) is 3.48. The average Bonchev–Trinajstić information content (AvgIpc) is 2.99. The molecule has 108 valence electrons. The Bertz CT molecular complexity index is 526. The number of hydrogen-bond donors (Lipinski definition) is 1. The highest BCUT2D eigenvalue weighted by Crippen LogP contribution is 2.30. The minimum Gasteiger partial charge on any atom is -0.497 e. The predicted molar refractivity (Wildman–Crippen MR) is 78.2 cm³/mol. The quantitative estimate of drug-likeness (QED) is 0.842. The SMILES string of the molecule is CCNC(Cn1ccnc1)c1ccc(OC)cc1OC. The van der Waals surface area contributed by atoms with E-state index in [-0.39, 0.29) is 6.04 Å². The lowest BCUT2D eigenvalue weighted by Gasteiger charge is -2.21. The van der Waals surface area contributed by atoms with Gasteiger partial charge in [-0.25, -0.2) is 4.98 Å². The Kier molecular flexibility index (Phi) is 5.01. The molecule has 1 atom stereocenters. The van der Waals surface area contributed by atoms with E-state index in [4.69, 9.17) is 9.47 Å². The molecular weight excluding hydrogens is 254 g/mol. The summed E-state index contributed by atoms with van der Waals surface area (Å²) < 4.78 is 12.8. The molecule has 0 radical (unpaired) electrons. The first-order chi connectivity index (χ1) is 9.78. The Balaban J connectivity index is 2.28. The van der Waals surface area contributed by atoms with E-state index >= 15 is 0 Å². The van der Waals surface area contributed by atoms with Gasteiger partial charge in [-0.1, -0.05) is 6.92 Å². The second-order valence-electron chi connectivity index (χ2n) is 4.48. The van der Waals surface area contributed by atoms with Crippen LogP contribution in [-0.4, -0.2) is 30.3 Å². The van der Waals surface area contributed by atoms with Crippen molar-refractivity contribution in [3.05, 3.63) is 42.5 Å². The molecule has 0 aliphatic carbocycles. The van der Waals surface area contributed by atoms with Crippen molar-refractivity contribution in [2.45, 2.75) is 19.5 Å². The largest absolute Gasteiger partial charge is 0.497 e. The van der Waals surface area contributed by atoms with Crippen LogP contribution in [0.3, 0.4) is 0 Å². The van der Waals surface area contributed by atoms with Crippen LogP contribution in [0.15, 0.2) is 36.9 Å². The fourth-order valence-electron chi connectivity index (χ4n) is 2.23. The van der Waals surface area contributed by atoms with Gasteiger partial charge in [-0.3, -0.25) is 0 Å². The Morgan fingerprint density at radius 3 is 2.75 bits per heavy atom. The van der Waals surface area contributed by atoms with E-state index < -0.39 is 0 Å². The van der Waals surface area contributed by atoms with Gasteiger partial charge in [-0.2, -0.15) is 0 Å². The molecule has 0 aliphatic rings. The van der Waals surface area contributed by atoms with Gasteiger partial charge in [0.15, 0.2) is 0 Å². The third-order valence-electron chi connectivity index (χ3n) is 3.22. The molecule has 1 heterocycles. The highest BCUT2D eigenvalue weighted by atomic mass is 16.5. The Labute approximate surface area is 119 Å². The maximum absolute atomic E-state index is 5.49. The molecule has 1 N–H and O–H groups in total. The van der Waals surface area contributed by atoms with Crippen LogP contribution in [-0.2, 0) is 6.54 Å². The van der Waals surface area contributed by atoms with E-state index in [1.807, 2.05) is 30.7 Å². The Hall–Kier alpha value is -2.01. The lowest BCUT2D eigenvalue weighted by molar-refractivity contribution is 0.379. The van der Waals surface area contributed by atoms with Crippen molar-refractivity contribution in [2.75, 3.05) is 20.8 Å². The summed E-state index contributed by atoms with van der Waals surface area (Å²) in [5.74, 6) is 1.62. The molecule has 1 aromatic heterocycles. The summed E-state index contributed by atoms with van der Waals surface area (Å²) in [6.45, 7) is 3.78. The zero-order chi connectivity index (χ0) is 14.4. The number of nitrogens with one attached hydrogen (secondary N) is 1. The molecule has 20 heavy (non-hydrogen) atoms. The minimum absolute atomic E-state index is 0.162. The number of likely N-dealkylation sites (N-methyl/N-ethyl adjacent to an activating group) is 1. The summed E-state index contributed by atoms with van der Waals surface area (Å²) >= 11 is 0. The van der Waals surface area contributed by atoms with Crippen molar-refractivity contribution in [3.63, 3.8) is 0 Å². The van der Waals surface area contributed by atoms with Crippen molar-refractivity contribution in [1.29, 1.82) is 0 Å². The number of rotatable bonds is 7. The first-order valence-corrected chi connectivity index (χ1v) is 6.69. The molecule has 0 saturated carbocycles. The summed E-state index contributed by atoms with van der Waals surface area (Å²) in [5.41, 5.74) is 1.11. The van der Waals surface area contributed by atoms with Crippen LogP contribution >= 0.6 is 0 Å². The van der Waals surface area contributed by atoms with E-state index in [2.05, 4.69) is 21.8 Å². The van der Waals surface area contributed by atoms with Crippen LogP contribution in [0.2, 0.25) is 0 Å². The normalized spacial score (nSPS) is 12.2. The molecule has 2 aromatic rings. The summed E-state index contributed by atoms with van der Waals surface area (Å²) in [7, 11) is 3.33. The molecule has 0 amide bonds. The van der Waals surface area contributed by atoms with Crippen LogP contribution in [0.5, 0.6) is 11.5 Å². The first kappa shape index (κ1) is 14.4. The van der Waals surface area contributed by atoms with E-state index in [1.54, 1.807) is 20.4 Å². The number of ether oxygens (including phenoxy) is 2. The monoisotopic (exact) mass is 275 g/mol. The standard InChI is InChI=1S/C15H21N3O2/c1-4-17-14(10-18-8-7-16-11-18)13-6-5-12(19-2)9-15(13)20-3/h5-9,11,14,17H,4,10H2,1-3H3. The van der Waals surface area contributed by atoms with E-state index in [1.165, 1.54) is 0 Å². The first-order valence-electron chi connectivity index (χ1n) is 6.69. The lowest BCUT2D eigenvalue weighted by Crippen LogP contribution is -2.25. The molecule has 1 unspecified atom stereocenters. The van der Waals surface area contributed by atoms with Gasteiger partial charge in [0, 0.05) is 30.6 Å². The summed E-state index contributed by atoms with van der Waals surface area (Å²) in [4.78, 5) is 4.08. The van der Waals surface area contributed by atoms with Gasteiger partial charge >= 0.3 is 0 Å². The number of aromatic nitrogens is 2. The van der Waals surface area contributed by atoms with Gasteiger partial charge in [-0.15, -0.1) is 0 Å². The van der Waals surface area contributed by atoms with Gasteiger partial charge in [-0.05, 0) is 18.7 Å². The Morgan fingerprint density at radius 1 is 1.30 bits per heavy atom. The molecule has 5 heteroatoms. The molecule has 0 spiro atoms. The third kappa shape index (κ3) is 3.30. The van der Waals surface area contributed by atoms with Crippen molar-refractivity contribution in [2.24, 2.45) is 0 Å². The molecule has 0 aliphatic heterocycles. The highest BCUT2D eigenvalue weighted by Gasteiger charge is 2.16. The van der Waals surface area contributed by atoms with Gasteiger partial charge < -0.3 is 19.4 Å². The molecule has 2 rings (SSSR count). The average molecular weight is 275 g/mol. The number of benzene rings is 1. The van der Waals surface area contributed by atoms with Gasteiger partial charge in [0.2, 0.25) is 0 Å². The van der Waals surface area contributed by atoms with Crippen molar-refractivity contribution >= 4 is 0 Å². The minimum atomic E-state index is 0.162. The van der Waals surface area contributed by atoms with Crippen molar-refractivity contribution in [3.8, 4) is 11.5 Å². The van der Waals surface area contributed by atoms with Gasteiger partial charge in [0.25, 0.3) is 0 Å². The van der Waals surface area contributed by atoms with E-state index in [9.17, 15) is 0 Å². The fourth-order valence-corrected chi connectivity index (χ4v) is 2.23. The molecule has 0 bridgehead atoms. The number of hydrogen-bond acceptors (Lipinski definition) is 4. The molecule has 0 saturated heterocycles. The maximum Gasteiger partial charge on any atom is 0.127 e. The molecule has 5 nitrogen and oxygen atoms in total. The fraction of sp³-hybridized carbons (Fsp3) is 0.400. The predicted octanol–water partition coefficient (Wildman–Crippen LogP) is 2.25. The summed E-state index contributed by atoms with van der Waals surface area (Å²) in [6.07, 6.45) is 5.56. The smallest absolute Gasteiger partial charge is 0.127 e. The third-order valence-corrected chi connectivity index (χ3v) is 3.22. The second-order valence-corrected chi connectivity index (χ2v) is 4.48. The Morgan fingerprint density at radius 2 is 2.15 bits per heavy atom. The number of methoxy groups -OCH3 is 2. The molecule has 1 aromatic carbocycles. The second kappa shape index (κ2) is 6.96.